The highest BCUT2D eigenvalue weighted by Gasteiger charge is 2.13. The molecule has 21 heavy (non-hydrogen) atoms. The Labute approximate surface area is 128 Å². The number of hydrogen-bond acceptors (Lipinski definition) is 2. The predicted octanol–water partition coefficient (Wildman–Crippen LogP) is 3.79. The topological polar surface area (TPSA) is 32.3 Å². The number of halogens is 2. The molecule has 0 bridgehead atoms. The number of carbonyl (C=O) groups excluding carboxylic acids is 1. The lowest BCUT2D eigenvalue weighted by Crippen LogP contribution is -2.22. The zero-order valence-electron chi connectivity index (χ0n) is 11.9. The normalized spacial score (nSPS) is 10.3. The van der Waals surface area contributed by atoms with E-state index in [9.17, 15) is 9.18 Å². The van der Waals surface area contributed by atoms with Gasteiger partial charge in [-0.05, 0) is 18.2 Å². The third kappa shape index (κ3) is 3.52. The van der Waals surface area contributed by atoms with Crippen LogP contribution >= 0.6 is 11.6 Å². The summed E-state index contributed by atoms with van der Waals surface area (Å²) in [5, 5.41) is 3.18. The molecule has 0 heterocycles. The van der Waals surface area contributed by atoms with E-state index in [0.29, 0.717) is 16.8 Å². The number of carbonyl (C=O) groups is 1. The van der Waals surface area contributed by atoms with Gasteiger partial charge in [0.25, 0.3) is 5.91 Å². The van der Waals surface area contributed by atoms with Gasteiger partial charge in [0.1, 0.15) is 5.82 Å². The van der Waals surface area contributed by atoms with Gasteiger partial charge in [0.15, 0.2) is 0 Å². The van der Waals surface area contributed by atoms with Crippen molar-refractivity contribution in [3.05, 3.63) is 64.4 Å². The highest BCUT2D eigenvalue weighted by atomic mass is 35.5. The van der Waals surface area contributed by atoms with Gasteiger partial charge < -0.3 is 10.2 Å². The number of nitrogens with one attached hydrogen (secondary N) is 1. The molecule has 5 heteroatoms. The number of rotatable bonds is 4. The van der Waals surface area contributed by atoms with Crippen LogP contribution in [-0.4, -0.2) is 24.9 Å². The summed E-state index contributed by atoms with van der Waals surface area (Å²) in [6.07, 6.45) is 0. The van der Waals surface area contributed by atoms with Crippen LogP contribution in [0.5, 0.6) is 0 Å². The smallest absolute Gasteiger partial charge is 0.255 e. The van der Waals surface area contributed by atoms with E-state index >= 15 is 0 Å². The molecule has 0 aliphatic carbocycles. The average molecular weight is 307 g/mol. The van der Waals surface area contributed by atoms with E-state index in [1.165, 1.54) is 11.0 Å². The Kier molecular flexibility index (Phi) is 4.81. The third-order valence-corrected chi connectivity index (χ3v) is 3.36. The summed E-state index contributed by atoms with van der Waals surface area (Å²) >= 11 is 5.76. The molecule has 1 amide bonds. The van der Waals surface area contributed by atoms with Gasteiger partial charge in [-0.15, -0.1) is 0 Å². The molecule has 2 aromatic rings. The standard InChI is InChI=1S/C16H16ClFN2O/c1-20(2)16(21)12-7-3-4-9-14(12)19-10-11-6-5-8-13(17)15(11)18/h3-9,19H,10H2,1-2H3. The van der Waals surface area contributed by atoms with E-state index in [1.807, 2.05) is 6.07 Å². The van der Waals surface area contributed by atoms with E-state index in [0.717, 1.165) is 0 Å². The molecule has 0 saturated heterocycles. The van der Waals surface area contributed by atoms with Crippen molar-refractivity contribution in [2.75, 3.05) is 19.4 Å². The van der Waals surface area contributed by atoms with Crippen LogP contribution in [0.4, 0.5) is 10.1 Å². The Morgan fingerprint density at radius 3 is 2.62 bits per heavy atom. The van der Waals surface area contributed by atoms with Crippen molar-refractivity contribution in [1.29, 1.82) is 0 Å². The van der Waals surface area contributed by atoms with Crippen LogP contribution in [0.3, 0.4) is 0 Å². The van der Waals surface area contributed by atoms with Gasteiger partial charge >= 0.3 is 0 Å². The molecular formula is C16H16ClFN2O. The molecular weight excluding hydrogens is 291 g/mol. The summed E-state index contributed by atoms with van der Waals surface area (Å²) in [6, 6.07) is 12.0. The van der Waals surface area contributed by atoms with E-state index < -0.39 is 5.82 Å². The molecule has 0 fully saturated rings. The second-order valence-corrected chi connectivity index (χ2v) is 5.22. The highest BCUT2D eigenvalue weighted by Crippen LogP contribution is 2.21. The molecule has 0 aliphatic heterocycles. The molecule has 0 saturated carbocycles. The zero-order valence-corrected chi connectivity index (χ0v) is 12.6. The van der Waals surface area contributed by atoms with Crippen molar-refractivity contribution >= 4 is 23.2 Å². The Balaban J connectivity index is 2.21. The molecule has 2 rings (SSSR count). The lowest BCUT2D eigenvalue weighted by atomic mass is 10.1. The molecule has 1 N–H and O–H groups in total. The van der Waals surface area contributed by atoms with Gasteiger partial charge in [-0.3, -0.25) is 4.79 Å². The van der Waals surface area contributed by atoms with Gasteiger partial charge in [-0.1, -0.05) is 35.9 Å². The Bertz CT molecular complexity index is 658. The van der Waals surface area contributed by atoms with Crippen molar-refractivity contribution in [2.24, 2.45) is 0 Å². The van der Waals surface area contributed by atoms with Crippen LogP contribution < -0.4 is 5.32 Å². The fraction of sp³-hybridized carbons (Fsp3) is 0.188. The molecule has 110 valence electrons. The predicted molar refractivity (Wildman–Crippen MR) is 83.2 cm³/mol. The Hall–Kier alpha value is -2.07. The SMILES string of the molecule is CN(C)C(=O)c1ccccc1NCc1cccc(Cl)c1F. The summed E-state index contributed by atoms with van der Waals surface area (Å²) in [5.41, 5.74) is 1.66. The van der Waals surface area contributed by atoms with Gasteiger partial charge in [0, 0.05) is 31.9 Å². The fourth-order valence-electron chi connectivity index (χ4n) is 1.94. The Morgan fingerprint density at radius 1 is 1.19 bits per heavy atom. The first-order valence-corrected chi connectivity index (χ1v) is 6.86. The van der Waals surface area contributed by atoms with Crippen molar-refractivity contribution in [1.82, 2.24) is 4.90 Å². The van der Waals surface area contributed by atoms with Gasteiger partial charge in [-0.25, -0.2) is 4.39 Å². The van der Waals surface area contributed by atoms with E-state index in [-0.39, 0.29) is 17.5 Å². The first-order valence-electron chi connectivity index (χ1n) is 6.48. The van der Waals surface area contributed by atoms with Crippen molar-refractivity contribution in [2.45, 2.75) is 6.54 Å². The highest BCUT2D eigenvalue weighted by molar-refractivity contribution is 6.30. The van der Waals surface area contributed by atoms with E-state index in [2.05, 4.69) is 5.32 Å². The maximum Gasteiger partial charge on any atom is 0.255 e. The number of anilines is 1. The molecule has 0 spiro atoms. The maximum atomic E-state index is 13.8. The summed E-state index contributed by atoms with van der Waals surface area (Å²) < 4.78 is 13.8. The molecule has 3 nitrogen and oxygen atoms in total. The van der Waals surface area contributed by atoms with Gasteiger partial charge in [0.05, 0.1) is 10.6 Å². The number of nitrogens with zero attached hydrogens (tertiary/aromatic N) is 1. The summed E-state index contributed by atoms with van der Waals surface area (Å²) in [4.78, 5) is 13.6. The minimum Gasteiger partial charge on any atom is -0.380 e. The van der Waals surface area contributed by atoms with Crippen molar-refractivity contribution in [3.63, 3.8) is 0 Å². The summed E-state index contributed by atoms with van der Waals surface area (Å²) in [5.74, 6) is -0.548. The molecule has 0 atom stereocenters. The van der Waals surface area contributed by atoms with Crippen LogP contribution in [0.25, 0.3) is 0 Å². The molecule has 0 aliphatic rings. The maximum absolute atomic E-state index is 13.8. The monoisotopic (exact) mass is 306 g/mol. The van der Waals surface area contributed by atoms with Crippen LogP contribution in [0, 0.1) is 5.82 Å². The van der Waals surface area contributed by atoms with Crippen LogP contribution in [0.2, 0.25) is 5.02 Å². The summed E-state index contributed by atoms with van der Waals surface area (Å²) in [6.45, 7) is 0.254. The third-order valence-electron chi connectivity index (χ3n) is 3.06. The number of para-hydroxylation sites is 1. The van der Waals surface area contributed by atoms with Gasteiger partial charge in [-0.2, -0.15) is 0 Å². The Morgan fingerprint density at radius 2 is 1.90 bits per heavy atom. The van der Waals surface area contributed by atoms with Gasteiger partial charge in [0.2, 0.25) is 0 Å². The van der Waals surface area contributed by atoms with E-state index in [1.54, 1.807) is 44.4 Å². The first kappa shape index (κ1) is 15.3. The number of benzene rings is 2. The molecule has 0 unspecified atom stereocenters. The average Bonchev–Trinajstić information content (AvgIpc) is 2.48. The second kappa shape index (κ2) is 6.59. The first-order chi connectivity index (χ1) is 10.0. The number of hydrogen-bond donors (Lipinski definition) is 1. The largest absolute Gasteiger partial charge is 0.380 e. The second-order valence-electron chi connectivity index (χ2n) is 4.81. The van der Waals surface area contributed by atoms with Crippen LogP contribution in [0.15, 0.2) is 42.5 Å². The quantitative estimate of drug-likeness (QED) is 0.932. The lowest BCUT2D eigenvalue weighted by molar-refractivity contribution is 0.0828. The lowest BCUT2D eigenvalue weighted by Gasteiger charge is -2.15. The fourth-order valence-corrected chi connectivity index (χ4v) is 2.13. The number of amides is 1. The minimum atomic E-state index is -0.442. The van der Waals surface area contributed by atoms with E-state index in [4.69, 9.17) is 11.6 Å². The zero-order chi connectivity index (χ0) is 15.4. The van der Waals surface area contributed by atoms with Crippen LogP contribution in [-0.2, 0) is 6.54 Å². The molecule has 2 aromatic carbocycles. The van der Waals surface area contributed by atoms with Crippen molar-refractivity contribution in [3.8, 4) is 0 Å². The summed E-state index contributed by atoms with van der Waals surface area (Å²) in [7, 11) is 3.38. The minimum absolute atomic E-state index is 0.0898. The van der Waals surface area contributed by atoms with Crippen molar-refractivity contribution < 1.29 is 9.18 Å². The molecule has 0 radical (unpaired) electrons. The van der Waals surface area contributed by atoms with Crippen LogP contribution in [0.1, 0.15) is 15.9 Å². The molecule has 0 aromatic heterocycles.